The van der Waals surface area contributed by atoms with Crippen molar-refractivity contribution < 1.29 is 18.9 Å². The zero-order valence-electron chi connectivity index (χ0n) is 18.6. The van der Waals surface area contributed by atoms with Crippen LogP contribution < -0.4 is 18.9 Å². The summed E-state index contributed by atoms with van der Waals surface area (Å²) in [5.41, 5.74) is 3.55. The second-order valence-corrected chi connectivity index (χ2v) is 7.62. The van der Waals surface area contributed by atoms with Crippen LogP contribution >= 0.6 is 0 Å². The van der Waals surface area contributed by atoms with Crippen LogP contribution in [0.4, 0.5) is 0 Å². The topological polar surface area (TPSA) is 45.1 Å². The van der Waals surface area contributed by atoms with E-state index in [0.717, 1.165) is 37.4 Å². The summed E-state index contributed by atoms with van der Waals surface area (Å²) in [6.45, 7) is 2.78. The molecule has 6 heteroatoms. The Bertz CT molecular complexity index is 1010. The van der Waals surface area contributed by atoms with Crippen molar-refractivity contribution in [1.29, 1.82) is 0 Å². The molecule has 0 N–H and O–H groups in total. The summed E-state index contributed by atoms with van der Waals surface area (Å²) in [4.78, 5) is 2.50. The fraction of sp³-hybridized carbons (Fsp3) is 0.360. The van der Waals surface area contributed by atoms with E-state index >= 15 is 0 Å². The number of aryl methyl sites for hydroxylation is 1. The van der Waals surface area contributed by atoms with Crippen molar-refractivity contribution in [2.45, 2.75) is 25.6 Å². The lowest BCUT2D eigenvalue weighted by molar-refractivity contribution is 0.214. The van der Waals surface area contributed by atoms with Gasteiger partial charge in [-0.2, -0.15) is 0 Å². The Morgan fingerprint density at radius 2 is 1.58 bits per heavy atom. The summed E-state index contributed by atoms with van der Waals surface area (Å²) in [6, 6.07) is 16.7. The minimum absolute atomic E-state index is 0.0226. The Labute approximate surface area is 183 Å². The Morgan fingerprint density at radius 3 is 2.26 bits per heavy atom. The third-order valence-corrected chi connectivity index (χ3v) is 5.93. The van der Waals surface area contributed by atoms with Crippen LogP contribution in [0.2, 0.25) is 0 Å². The molecule has 4 rings (SSSR count). The molecular weight excluding hydrogens is 392 g/mol. The Hall–Kier alpha value is -3.12. The van der Waals surface area contributed by atoms with Gasteiger partial charge < -0.3 is 23.5 Å². The summed E-state index contributed by atoms with van der Waals surface area (Å²) in [7, 11) is 6.67. The van der Waals surface area contributed by atoms with Gasteiger partial charge in [0.05, 0.1) is 34.5 Å². The van der Waals surface area contributed by atoms with Crippen LogP contribution in [0.25, 0.3) is 0 Å². The van der Waals surface area contributed by atoms with Gasteiger partial charge in [-0.1, -0.05) is 12.1 Å². The first-order valence-corrected chi connectivity index (χ1v) is 10.5. The lowest BCUT2D eigenvalue weighted by Crippen LogP contribution is -2.30. The van der Waals surface area contributed by atoms with E-state index in [1.807, 2.05) is 18.2 Å². The minimum atomic E-state index is 0.0226. The minimum Gasteiger partial charge on any atom is -0.497 e. The number of aromatic nitrogens is 1. The molecule has 1 aromatic heterocycles. The average molecular weight is 423 g/mol. The maximum absolute atomic E-state index is 5.87. The van der Waals surface area contributed by atoms with Crippen LogP contribution in [0.1, 0.15) is 29.3 Å². The van der Waals surface area contributed by atoms with Crippen LogP contribution in [0.15, 0.2) is 54.7 Å². The lowest BCUT2D eigenvalue weighted by Gasteiger charge is -2.32. The summed E-state index contributed by atoms with van der Waals surface area (Å²) >= 11 is 0. The third kappa shape index (κ3) is 4.08. The SMILES string of the molecule is COc1ccc(CN2CCCn3cccc3C2c2ccc(OC)c(OC)c2OC)cc1. The Balaban J connectivity index is 1.80. The van der Waals surface area contributed by atoms with Gasteiger partial charge in [0.1, 0.15) is 5.75 Å². The first kappa shape index (κ1) is 21.1. The van der Waals surface area contributed by atoms with Crippen LogP contribution in [-0.4, -0.2) is 44.5 Å². The number of benzene rings is 2. The van der Waals surface area contributed by atoms with Gasteiger partial charge in [-0.3, -0.25) is 4.90 Å². The van der Waals surface area contributed by atoms with E-state index in [1.54, 1.807) is 28.4 Å². The van der Waals surface area contributed by atoms with E-state index < -0.39 is 0 Å². The van der Waals surface area contributed by atoms with Gasteiger partial charge in [-0.05, 0) is 48.4 Å². The molecule has 0 bridgehead atoms. The molecular formula is C25H30N2O4. The largest absolute Gasteiger partial charge is 0.497 e. The number of hydrogen-bond acceptors (Lipinski definition) is 5. The monoisotopic (exact) mass is 422 g/mol. The summed E-state index contributed by atoms with van der Waals surface area (Å²) in [5, 5.41) is 0. The molecule has 0 spiro atoms. The summed E-state index contributed by atoms with van der Waals surface area (Å²) in [5.74, 6) is 2.86. The van der Waals surface area contributed by atoms with E-state index in [-0.39, 0.29) is 6.04 Å². The summed E-state index contributed by atoms with van der Waals surface area (Å²) < 4.78 is 24.7. The maximum atomic E-state index is 5.87. The Morgan fingerprint density at radius 1 is 0.806 bits per heavy atom. The predicted octanol–water partition coefficient (Wildman–Crippen LogP) is 4.52. The van der Waals surface area contributed by atoms with E-state index in [0.29, 0.717) is 17.2 Å². The Kier molecular flexibility index (Phi) is 6.37. The van der Waals surface area contributed by atoms with Crippen LogP contribution in [0.5, 0.6) is 23.0 Å². The van der Waals surface area contributed by atoms with Gasteiger partial charge >= 0.3 is 0 Å². The molecule has 1 aliphatic rings. The number of rotatable bonds is 7. The molecule has 0 aliphatic carbocycles. The molecule has 0 saturated heterocycles. The maximum Gasteiger partial charge on any atom is 0.203 e. The van der Waals surface area contributed by atoms with E-state index in [9.17, 15) is 0 Å². The molecule has 0 radical (unpaired) electrons. The zero-order valence-corrected chi connectivity index (χ0v) is 18.6. The number of ether oxygens (including phenoxy) is 4. The lowest BCUT2D eigenvalue weighted by atomic mass is 9.99. The van der Waals surface area contributed by atoms with Gasteiger partial charge in [-0.25, -0.2) is 0 Å². The van der Waals surface area contributed by atoms with E-state index in [1.165, 1.54) is 11.3 Å². The second-order valence-electron chi connectivity index (χ2n) is 7.62. The van der Waals surface area contributed by atoms with E-state index in [4.69, 9.17) is 18.9 Å². The number of nitrogens with zero attached hydrogens (tertiary/aromatic N) is 2. The second kappa shape index (κ2) is 9.35. The van der Waals surface area contributed by atoms with Crippen molar-refractivity contribution in [2.24, 2.45) is 0 Å². The van der Waals surface area contributed by atoms with Gasteiger partial charge in [0.15, 0.2) is 11.5 Å². The van der Waals surface area contributed by atoms with Crippen molar-refractivity contribution >= 4 is 0 Å². The van der Waals surface area contributed by atoms with Crippen molar-refractivity contribution in [3.63, 3.8) is 0 Å². The molecule has 0 saturated carbocycles. The van der Waals surface area contributed by atoms with Crippen molar-refractivity contribution in [2.75, 3.05) is 35.0 Å². The van der Waals surface area contributed by atoms with Crippen LogP contribution in [0.3, 0.4) is 0 Å². The standard InChI is InChI=1S/C25H30N2O4/c1-28-19-10-8-18(9-11-19)17-27-16-6-15-26-14-5-7-21(26)23(27)20-12-13-22(29-2)25(31-4)24(20)30-3/h5,7-14,23H,6,15-17H2,1-4H3. The van der Waals surface area contributed by atoms with Crippen LogP contribution in [-0.2, 0) is 13.1 Å². The first-order valence-electron chi connectivity index (χ1n) is 10.5. The van der Waals surface area contributed by atoms with Crippen LogP contribution in [0, 0.1) is 0 Å². The number of fused-ring (bicyclic) bond motifs is 1. The van der Waals surface area contributed by atoms with Crippen molar-refractivity contribution in [3.05, 3.63) is 71.5 Å². The van der Waals surface area contributed by atoms with Crippen molar-refractivity contribution in [3.8, 4) is 23.0 Å². The highest BCUT2D eigenvalue weighted by atomic mass is 16.5. The smallest absolute Gasteiger partial charge is 0.203 e. The quantitative estimate of drug-likeness (QED) is 0.560. The van der Waals surface area contributed by atoms with E-state index in [2.05, 4.69) is 46.0 Å². The fourth-order valence-electron chi connectivity index (χ4n) is 4.47. The van der Waals surface area contributed by atoms with Gasteiger partial charge in [0.25, 0.3) is 0 Å². The molecule has 2 heterocycles. The molecule has 2 aromatic carbocycles. The molecule has 0 amide bonds. The number of methoxy groups -OCH3 is 4. The molecule has 1 aliphatic heterocycles. The predicted molar refractivity (Wildman–Crippen MR) is 120 cm³/mol. The molecule has 6 nitrogen and oxygen atoms in total. The van der Waals surface area contributed by atoms with Gasteiger partial charge in [0, 0.05) is 37.1 Å². The molecule has 1 atom stereocenters. The molecule has 164 valence electrons. The summed E-state index contributed by atoms with van der Waals surface area (Å²) in [6.07, 6.45) is 3.23. The zero-order chi connectivity index (χ0) is 21.8. The average Bonchev–Trinajstić information content (AvgIpc) is 3.20. The highest BCUT2D eigenvalue weighted by Crippen LogP contribution is 2.46. The number of hydrogen-bond donors (Lipinski definition) is 0. The third-order valence-electron chi connectivity index (χ3n) is 5.93. The van der Waals surface area contributed by atoms with Gasteiger partial charge in [0.2, 0.25) is 5.75 Å². The highest BCUT2D eigenvalue weighted by Gasteiger charge is 2.31. The molecule has 1 unspecified atom stereocenters. The molecule has 31 heavy (non-hydrogen) atoms. The highest BCUT2D eigenvalue weighted by molar-refractivity contribution is 5.58. The first-order chi connectivity index (χ1) is 15.2. The van der Waals surface area contributed by atoms with Crippen molar-refractivity contribution in [1.82, 2.24) is 9.47 Å². The molecule has 3 aromatic rings. The fourth-order valence-corrected chi connectivity index (χ4v) is 4.47. The molecule has 0 fully saturated rings. The normalized spacial score (nSPS) is 16.3. The van der Waals surface area contributed by atoms with Gasteiger partial charge in [-0.15, -0.1) is 0 Å².